The number of hydrogen-bond acceptors (Lipinski definition) is 7. The Labute approximate surface area is 525 Å². The summed E-state index contributed by atoms with van der Waals surface area (Å²) in [6.45, 7) is 0. The van der Waals surface area contributed by atoms with Gasteiger partial charge in [0.15, 0.2) is 17.5 Å². The molecule has 0 spiro atoms. The van der Waals surface area contributed by atoms with E-state index in [0.29, 0.717) is 73.3 Å². The Bertz CT molecular complexity index is 5340. The minimum Gasteiger partial charge on any atom is -0.309 e. The Kier molecular flexibility index (Phi) is 13.7. The molecule has 15 aromatic rings. The second-order valence-electron chi connectivity index (χ2n) is 22.4. The molecule has 0 aliphatic carbocycles. The minimum atomic E-state index is -4.78. The zero-order valence-electron chi connectivity index (χ0n) is 48.6. The number of alkyl halides is 3. The molecule has 12 heteroatoms. The number of halogens is 3. The van der Waals surface area contributed by atoms with Gasteiger partial charge in [-0.05, 0) is 178 Å². The van der Waals surface area contributed by atoms with Crippen LogP contribution in [0.4, 0.5) is 13.2 Å². The van der Waals surface area contributed by atoms with Crippen LogP contribution in [-0.4, -0.2) is 24.1 Å². The first-order chi connectivity index (χ1) is 45.0. The number of rotatable bonds is 10. The summed E-state index contributed by atoms with van der Waals surface area (Å²) in [5, 5.41) is 42.2. The summed E-state index contributed by atoms with van der Waals surface area (Å²) in [5.74, 6) is 1.11. The van der Waals surface area contributed by atoms with Gasteiger partial charge in [-0.25, -0.2) is 15.0 Å². The van der Waals surface area contributed by atoms with E-state index in [1.165, 1.54) is 6.07 Å². The summed E-state index contributed by atoms with van der Waals surface area (Å²) < 4.78 is 51.7. The normalized spacial score (nSPS) is 11.4. The Morgan fingerprint density at radius 2 is 0.554 bits per heavy atom. The first kappa shape index (κ1) is 55.6. The van der Waals surface area contributed by atoms with Gasteiger partial charge in [-0.1, -0.05) is 133 Å². The number of fused-ring (bicyclic) bond motifs is 6. The molecule has 92 heavy (non-hydrogen) atoms. The summed E-state index contributed by atoms with van der Waals surface area (Å²) in [6, 6.07) is 91.6. The third-order valence-electron chi connectivity index (χ3n) is 17.0. The van der Waals surface area contributed by atoms with Gasteiger partial charge in [0.2, 0.25) is 0 Å². The van der Waals surface area contributed by atoms with Crippen LogP contribution in [-0.2, 0) is 6.18 Å². The first-order valence-corrected chi connectivity index (χ1v) is 29.4. The third-order valence-corrected chi connectivity index (χ3v) is 17.0. The molecule has 0 unspecified atom stereocenters. The van der Waals surface area contributed by atoms with Crippen molar-refractivity contribution < 1.29 is 13.2 Å². The fraction of sp³-hybridized carbons (Fsp3) is 0.0125. The van der Waals surface area contributed by atoms with E-state index in [1.807, 2.05) is 180 Å². The molecule has 15 rings (SSSR count). The van der Waals surface area contributed by atoms with Crippen molar-refractivity contribution in [2.75, 3.05) is 0 Å². The van der Waals surface area contributed by atoms with Gasteiger partial charge in [0.25, 0.3) is 0 Å². The van der Waals surface area contributed by atoms with Crippen LogP contribution in [0.3, 0.4) is 0 Å². The maximum absolute atomic E-state index is 15.9. The quantitative estimate of drug-likeness (QED) is 0.133. The van der Waals surface area contributed by atoms with Gasteiger partial charge >= 0.3 is 6.18 Å². The van der Waals surface area contributed by atoms with Crippen molar-refractivity contribution in [3.63, 3.8) is 0 Å². The van der Waals surface area contributed by atoms with E-state index in [4.69, 9.17) is 15.0 Å². The van der Waals surface area contributed by atoms with E-state index in [9.17, 15) is 21.0 Å². The maximum Gasteiger partial charge on any atom is 0.416 e. The first-order valence-electron chi connectivity index (χ1n) is 29.4. The van der Waals surface area contributed by atoms with Crippen LogP contribution in [0.15, 0.2) is 267 Å². The lowest BCUT2D eigenvalue weighted by Crippen LogP contribution is -2.08. The number of hydrogen-bond donors (Lipinski definition) is 0. The Morgan fingerprint density at radius 1 is 0.272 bits per heavy atom. The fourth-order valence-corrected chi connectivity index (χ4v) is 12.4. The third kappa shape index (κ3) is 9.99. The highest BCUT2D eigenvalue weighted by atomic mass is 19.4. The Morgan fingerprint density at radius 3 is 0.870 bits per heavy atom. The minimum absolute atomic E-state index is 0.252. The van der Waals surface area contributed by atoms with E-state index in [0.717, 1.165) is 94.3 Å². The molecule has 9 nitrogen and oxygen atoms in total. The topological polar surface area (TPSA) is 144 Å². The fourth-order valence-electron chi connectivity index (χ4n) is 12.4. The molecule has 0 bridgehead atoms. The van der Waals surface area contributed by atoms with Crippen LogP contribution in [0, 0.1) is 45.3 Å². The van der Waals surface area contributed by atoms with Gasteiger partial charge in [-0.3, -0.25) is 0 Å². The lowest BCUT2D eigenvalue weighted by molar-refractivity contribution is -0.137. The molecule has 0 aliphatic heterocycles. The molecule has 0 saturated carbocycles. The van der Waals surface area contributed by atoms with Crippen molar-refractivity contribution in [1.29, 1.82) is 21.0 Å². The Hall–Kier alpha value is -13.0. The van der Waals surface area contributed by atoms with Crippen molar-refractivity contribution in [2.45, 2.75) is 6.18 Å². The van der Waals surface area contributed by atoms with E-state index in [-0.39, 0.29) is 5.56 Å². The molecular formula is C80H44F3N9. The average Bonchev–Trinajstić information content (AvgIpc) is 1.55. The zero-order valence-corrected chi connectivity index (χ0v) is 48.6. The second kappa shape index (κ2) is 22.6. The van der Waals surface area contributed by atoms with Gasteiger partial charge in [0.1, 0.15) is 0 Å². The number of aromatic nitrogens is 5. The Balaban J connectivity index is 1.04. The highest BCUT2D eigenvalue weighted by molar-refractivity contribution is 6.14. The molecule has 12 aromatic carbocycles. The molecule has 0 saturated heterocycles. The van der Waals surface area contributed by atoms with E-state index in [2.05, 4.69) is 53.1 Å². The summed E-state index contributed by atoms with van der Waals surface area (Å²) in [4.78, 5) is 15.3. The monoisotopic (exact) mass is 1190 g/mol. The molecule has 0 fully saturated rings. The molecule has 0 aliphatic rings. The predicted molar refractivity (Wildman–Crippen MR) is 356 cm³/mol. The van der Waals surface area contributed by atoms with Crippen LogP contribution < -0.4 is 0 Å². The van der Waals surface area contributed by atoms with Gasteiger partial charge in [-0.15, -0.1) is 0 Å². The summed E-state index contributed by atoms with van der Waals surface area (Å²) >= 11 is 0. The molecule has 0 radical (unpaired) electrons. The summed E-state index contributed by atoms with van der Waals surface area (Å²) in [6.07, 6.45) is -4.78. The number of nitrogens with zero attached hydrogens (tertiary/aromatic N) is 9. The number of nitriles is 4. The highest BCUT2D eigenvalue weighted by Crippen LogP contribution is 2.46. The second-order valence-corrected chi connectivity index (χ2v) is 22.4. The largest absolute Gasteiger partial charge is 0.416 e. The lowest BCUT2D eigenvalue weighted by atomic mass is 9.96. The molecule has 0 N–H and O–H groups in total. The molecule has 0 atom stereocenters. The average molecular weight is 1190 g/mol. The molecule has 3 aromatic heterocycles. The molecule has 430 valence electrons. The SMILES string of the molecule is N#Cc1ccc(-c2ccc3c(c2)c2cc(-c4ccc(C#N)cc4)ccc2n3-c2ccc(-c3nc(-c4ccccc4)nc(-c4ccccc4)n3)cc2-c2cc(C(F)(F)F)ccc2-n2c3ccc(-c4ccc(C#N)cc4)cc3c3cc(-c4ccc(C#N)cc4)ccc32)cc1. The smallest absolute Gasteiger partial charge is 0.309 e. The van der Waals surface area contributed by atoms with Crippen LogP contribution in [0.2, 0.25) is 0 Å². The van der Waals surface area contributed by atoms with E-state index < -0.39 is 11.7 Å². The molecule has 3 heterocycles. The van der Waals surface area contributed by atoms with Crippen LogP contribution in [0.1, 0.15) is 27.8 Å². The van der Waals surface area contributed by atoms with E-state index in [1.54, 1.807) is 54.6 Å². The standard InChI is InChI=1S/C80H44F3N9/c81-80(82,83)64-32-38-76(92-73-35-29-61(55-23-15-51(47-86)16-24-55)41-67(73)68-42-62(30-36-74(68)92)56-25-17-52(48-87)18-26-56)70(44-64)69-43-63(79-89-77(57-7-3-1-4-8-57)88-78(90-79)58-9-5-2-6-10-58)31-37-75(69)91-71-33-27-59(53-19-11-49(45-84)12-20-53)39-65(71)66-40-60(28-34-72(66)91)54-21-13-50(46-85)14-22-54/h1-44H. The highest BCUT2D eigenvalue weighted by Gasteiger charge is 2.33. The zero-order chi connectivity index (χ0) is 62.6. The van der Waals surface area contributed by atoms with Gasteiger partial charge in [-0.2, -0.15) is 34.2 Å². The lowest BCUT2D eigenvalue weighted by Gasteiger charge is -2.21. The predicted octanol–water partition coefficient (Wildman–Crippen LogP) is 19.9. The van der Waals surface area contributed by atoms with Crippen LogP contribution in [0.5, 0.6) is 0 Å². The van der Waals surface area contributed by atoms with Crippen molar-refractivity contribution in [3.05, 3.63) is 295 Å². The van der Waals surface area contributed by atoms with Crippen molar-refractivity contribution in [2.24, 2.45) is 0 Å². The number of benzene rings is 12. The summed E-state index contributed by atoms with van der Waals surface area (Å²) in [5.41, 5.74) is 14.9. The molecular weight excluding hydrogens is 1140 g/mol. The maximum atomic E-state index is 15.9. The van der Waals surface area contributed by atoms with Gasteiger partial charge in [0.05, 0.1) is 85.5 Å². The van der Waals surface area contributed by atoms with Crippen molar-refractivity contribution in [3.8, 4) is 125 Å². The van der Waals surface area contributed by atoms with Crippen LogP contribution in [0.25, 0.3) is 145 Å². The van der Waals surface area contributed by atoms with E-state index >= 15 is 13.2 Å². The van der Waals surface area contributed by atoms with Gasteiger partial charge < -0.3 is 9.13 Å². The summed E-state index contributed by atoms with van der Waals surface area (Å²) in [7, 11) is 0. The van der Waals surface area contributed by atoms with Crippen molar-refractivity contribution >= 4 is 43.6 Å². The van der Waals surface area contributed by atoms with Crippen molar-refractivity contribution in [1.82, 2.24) is 24.1 Å². The van der Waals surface area contributed by atoms with Gasteiger partial charge in [0, 0.05) is 49.4 Å². The van der Waals surface area contributed by atoms with Crippen LogP contribution >= 0.6 is 0 Å². The molecule has 0 amide bonds.